The largest absolute Gasteiger partial charge is 0.481 e. The number of allylic oxidation sites excluding steroid dienone is 13. The maximum absolute atomic E-state index is 10.3. The van der Waals surface area contributed by atoms with Crippen molar-refractivity contribution in [2.24, 2.45) is 0 Å². The van der Waals surface area contributed by atoms with Gasteiger partial charge in [0.2, 0.25) is 0 Å². The van der Waals surface area contributed by atoms with Crippen LogP contribution in [0.25, 0.3) is 0 Å². The lowest BCUT2D eigenvalue weighted by atomic mass is 10.0. The van der Waals surface area contributed by atoms with Gasteiger partial charge in [0.1, 0.15) is 0 Å². The summed E-state index contributed by atoms with van der Waals surface area (Å²) in [5.41, 5.74) is 0. The molecule has 0 rings (SSSR count). The topological polar surface area (TPSA) is 115 Å². The van der Waals surface area contributed by atoms with E-state index < -0.39 is 18.0 Å². The molecule has 0 radical (unpaired) electrons. The van der Waals surface area contributed by atoms with E-state index in [4.69, 9.17) is 10.2 Å². The normalized spacial score (nSPS) is 13.8. The first-order valence-corrected chi connectivity index (χ1v) is 17.4. The molecule has 0 fully saturated rings. The third-order valence-corrected chi connectivity index (χ3v) is 6.79. The Balaban J connectivity index is 0. The summed E-state index contributed by atoms with van der Waals surface area (Å²) in [7, 11) is 0. The summed E-state index contributed by atoms with van der Waals surface area (Å²) in [4.78, 5) is 20.5. The summed E-state index contributed by atoms with van der Waals surface area (Å²) in [6, 6.07) is 0. The summed E-state index contributed by atoms with van der Waals surface area (Å²) in [6.45, 7) is 4.42. The van der Waals surface area contributed by atoms with Crippen molar-refractivity contribution in [3.05, 3.63) is 97.2 Å². The number of aliphatic carboxylic acids is 2. The summed E-state index contributed by atoms with van der Waals surface area (Å²) in [5.74, 6) is -1.68. The highest BCUT2D eigenvalue weighted by molar-refractivity contribution is 5.80. The molecule has 6 heteroatoms. The second kappa shape index (κ2) is 38.0. The van der Waals surface area contributed by atoms with Crippen LogP contribution in [0.2, 0.25) is 0 Å². The van der Waals surface area contributed by atoms with Crippen LogP contribution >= 0.6 is 0 Å². The molecule has 0 aliphatic rings. The van der Waals surface area contributed by atoms with Crippen molar-refractivity contribution < 1.29 is 30.0 Å². The van der Waals surface area contributed by atoms with E-state index in [1.165, 1.54) is 57.4 Å². The highest BCUT2D eigenvalue weighted by Crippen LogP contribution is 2.11. The zero-order chi connectivity index (χ0) is 34.4. The van der Waals surface area contributed by atoms with Gasteiger partial charge >= 0.3 is 11.9 Å². The maximum atomic E-state index is 10.3. The number of aliphatic hydroxyl groups is 2. The highest BCUT2D eigenvalue weighted by Gasteiger charge is 2.02. The van der Waals surface area contributed by atoms with Crippen LogP contribution in [-0.4, -0.2) is 44.6 Å². The van der Waals surface area contributed by atoms with Crippen LogP contribution in [0.15, 0.2) is 97.2 Å². The minimum absolute atomic E-state index is 0.184. The minimum atomic E-state index is -0.946. The van der Waals surface area contributed by atoms with Crippen molar-refractivity contribution in [1.29, 1.82) is 0 Å². The molecule has 0 saturated heterocycles. The standard InChI is InChI=1S/2C20H32O3/c2*1-2-3-4-5-10-13-16-19(21)17-14-11-8-6-7-9-12-15-18-20(22)23/h7-11,13-14,17,19,21H,2-6,12,15-16,18H2,1H3,(H,22,23);6-9,11-12,15,18-19,21H,2-5,10,13-14,16-17H2,1H3,(H,22,23). The molecular formula is C40H64O6. The molecule has 0 aromatic carbocycles. The van der Waals surface area contributed by atoms with Gasteiger partial charge in [0.05, 0.1) is 12.2 Å². The molecule has 0 aliphatic heterocycles. The van der Waals surface area contributed by atoms with Crippen LogP contribution < -0.4 is 0 Å². The third kappa shape index (κ3) is 42.9. The average Bonchev–Trinajstić information content (AvgIpc) is 3.02. The number of hydrogen-bond donors (Lipinski definition) is 4. The molecule has 0 spiro atoms. The monoisotopic (exact) mass is 640 g/mol. The first kappa shape index (κ1) is 44.9. The third-order valence-electron chi connectivity index (χ3n) is 6.79. The Hall–Kier alpha value is -3.22. The van der Waals surface area contributed by atoms with E-state index in [2.05, 4.69) is 19.9 Å². The van der Waals surface area contributed by atoms with Gasteiger partial charge in [0.25, 0.3) is 0 Å². The fourth-order valence-corrected chi connectivity index (χ4v) is 4.12. The molecule has 0 aromatic rings. The zero-order valence-corrected chi connectivity index (χ0v) is 28.7. The number of carboxylic acids is 2. The van der Waals surface area contributed by atoms with Gasteiger partial charge in [-0.2, -0.15) is 0 Å². The first-order chi connectivity index (χ1) is 22.3. The van der Waals surface area contributed by atoms with Gasteiger partial charge in [-0.3, -0.25) is 4.79 Å². The number of carbonyl (C=O) groups is 2. The zero-order valence-electron chi connectivity index (χ0n) is 28.7. The van der Waals surface area contributed by atoms with Crippen LogP contribution in [0, 0.1) is 0 Å². The van der Waals surface area contributed by atoms with E-state index in [9.17, 15) is 19.8 Å². The summed E-state index contributed by atoms with van der Waals surface area (Å²) in [5, 5.41) is 36.5. The lowest BCUT2D eigenvalue weighted by molar-refractivity contribution is -0.137. The molecule has 0 bridgehead atoms. The Morgan fingerprint density at radius 1 is 0.565 bits per heavy atom. The number of unbranched alkanes of at least 4 members (excludes halogenated alkanes) is 9. The lowest BCUT2D eigenvalue weighted by Gasteiger charge is -2.08. The summed E-state index contributed by atoms with van der Waals surface area (Å²) >= 11 is 0. The SMILES string of the molecule is CCCCCC=CCC(O)C=CC=CCC=CCCCC(=O)O.CCCCCCCCC(O)CCC=CC=CC=CC=CC(=O)O. The Labute approximate surface area is 280 Å². The molecule has 0 saturated carbocycles. The molecule has 46 heavy (non-hydrogen) atoms. The van der Waals surface area contributed by atoms with E-state index in [1.807, 2.05) is 60.8 Å². The molecule has 4 N–H and O–H groups in total. The van der Waals surface area contributed by atoms with Gasteiger partial charge in [-0.05, 0) is 57.8 Å². The van der Waals surface area contributed by atoms with E-state index in [0.717, 1.165) is 51.0 Å². The first-order valence-electron chi connectivity index (χ1n) is 17.4. The predicted octanol–water partition coefficient (Wildman–Crippen LogP) is 10.4. The van der Waals surface area contributed by atoms with Crippen molar-refractivity contribution in [3.8, 4) is 0 Å². The number of aliphatic hydroxyl groups excluding tert-OH is 2. The second-order valence-corrected chi connectivity index (χ2v) is 11.3. The Morgan fingerprint density at radius 3 is 1.89 bits per heavy atom. The van der Waals surface area contributed by atoms with Crippen LogP contribution in [0.4, 0.5) is 0 Å². The molecule has 0 heterocycles. The van der Waals surface area contributed by atoms with Gasteiger partial charge in [-0.25, -0.2) is 4.79 Å². The van der Waals surface area contributed by atoms with Crippen molar-refractivity contribution >= 4 is 11.9 Å². The van der Waals surface area contributed by atoms with Gasteiger partial charge in [-0.1, -0.05) is 156 Å². The minimum Gasteiger partial charge on any atom is -0.481 e. The van der Waals surface area contributed by atoms with E-state index in [-0.39, 0.29) is 12.5 Å². The molecule has 0 aromatic heterocycles. The fraction of sp³-hybridized carbons (Fsp3) is 0.550. The van der Waals surface area contributed by atoms with Gasteiger partial charge < -0.3 is 20.4 Å². The highest BCUT2D eigenvalue weighted by atomic mass is 16.4. The van der Waals surface area contributed by atoms with Crippen molar-refractivity contribution in [3.63, 3.8) is 0 Å². The Bertz CT molecular complexity index is 935. The van der Waals surface area contributed by atoms with E-state index >= 15 is 0 Å². The smallest absolute Gasteiger partial charge is 0.328 e. The maximum Gasteiger partial charge on any atom is 0.328 e. The molecule has 2 unspecified atom stereocenters. The van der Waals surface area contributed by atoms with Gasteiger partial charge in [0, 0.05) is 12.5 Å². The van der Waals surface area contributed by atoms with E-state index in [0.29, 0.717) is 12.8 Å². The molecule has 260 valence electrons. The van der Waals surface area contributed by atoms with Crippen molar-refractivity contribution in [2.75, 3.05) is 0 Å². The summed E-state index contributed by atoms with van der Waals surface area (Å²) in [6.07, 6.45) is 47.2. The van der Waals surface area contributed by atoms with Crippen molar-refractivity contribution in [2.45, 2.75) is 142 Å². The fourth-order valence-electron chi connectivity index (χ4n) is 4.12. The second-order valence-electron chi connectivity index (χ2n) is 11.3. The number of rotatable bonds is 28. The quantitative estimate of drug-likeness (QED) is 0.0293. The lowest BCUT2D eigenvalue weighted by Crippen LogP contribution is -2.05. The predicted molar refractivity (Wildman–Crippen MR) is 195 cm³/mol. The molecule has 6 nitrogen and oxygen atoms in total. The van der Waals surface area contributed by atoms with Crippen LogP contribution in [0.1, 0.15) is 129 Å². The van der Waals surface area contributed by atoms with Crippen LogP contribution in [-0.2, 0) is 9.59 Å². The van der Waals surface area contributed by atoms with Gasteiger partial charge in [0.15, 0.2) is 0 Å². The number of hydrogen-bond acceptors (Lipinski definition) is 4. The Kier molecular flexibility index (Phi) is 37.1. The van der Waals surface area contributed by atoms with Crippen molar-refractivity contribution in [1.82, 2.24) is 0 Å². The summed E-state index contributed by atoms with van der Waals surface area (Å²) < 4.78 is 0. The average molecular weight is 641 g/mol. The number of carboxylic acid groups (broad SMARTS) is 2. The van der Waals surface area contributed by atoms with Crippen LogP contribution in [0.5, 0.6) is 0 Å². The van der Waals surface area contributed by atoms with E-state index in [1.54, 1.807) is 18.2 Å². The Morgan fingerprint density at radius 2 is 1.17 bits per heavy atom. The molecule has 0 aliphatic carbocycles. The molecule has 2 atom stereocenters. The van der Waals surface area contributed by atoms with Gasteiger partial charge in [-0.15, -0.1) is 0 Å². The van der Waals surface area contributed by atoms with Crippen LogP contribution in [0.3, 0.4) is 0 Å². The molecule has 0 amide bonds. The molecular weight excluding hydrogens is 576 g/mol.